The number of benzene rings is 2. The molecule has 0 saturated heterocycles. The summed E-state index contributed by atoms with van der Waals surface area (Å²) in [6.07, 6.45) is 0.424. The second-order valence-corrected chi connectivity index (χ2v) is 9.07. The molecule has 3 aromatic rings. The standard InChI is InChI=1S/C25H24N4O5/c1-14(21(30)29-19-8-5-4-7-17(19)27-24(33)25(29,2)3)34-23(32)15-10-11-16-18(13-15)26-20-9-6-12-28(20)22(16)31/h4-5,7-8,10-11,13-14H,6,9,12H2,1-3H3,(H,27,33)/t14-/m1/s1. The molecular weight excluding hydrogens is 436 g/mol. The number of amides is 2. The molecule has 0 fully saturated rings. The first-order valence-corrected chi connectivity index (χ1v) is 11.2. The normalized spacial score (nSPS) is 17.0. The Morgan fingerprint density at radius 3 is 2.71 bits per heavy atom. The summed E-state index contributed by atoms with van der Waals surface area (Å²) < 4.78 is 7.16. The molecule has 2 amide bonds. The van der Waals surface area contributed by atoms with Gasteiger partial charge in [-0.2, -0.15) is 0 Å². The number of aromatic nitrogens is 2. The number of nitrogens with zero attached hydrogens (tertiary/aromatic N) is 3. The third-order valence-electron chi connectivity index (χ3n) is 6.41. The topological polar surface area (TPSA) is 111 Å². The number of carbonyl (C=O) groups is 3. The molecule has 0 bridgehead atoms. The molecule has 2 aliphatic rings. The van der Waals surface area contributed by atoms with Crippen LogP contribution < -0.4 is 15.8 Å². The zero-order valence-electron chi connectivity index (χ0n) is 19.1. The molecule has 0 aliphatic carbocycles. The average molecular weight is 460 g/mol. The minimum Gasteiger partial charge on any atom is -0.449 e. The average Bonchev–Trinajstić information content (AvgIpc) is 3.28. The molecule has 2 aliphatic heterocycles. The molecule has 1 atom stereocenters. The lowest BCUT2D eigenvalue weighted by Crippen LogP contribution is -2.60. The van der Waals surface area contributed by atoms with Crippen molar-refractivity contribution in [2.45, 2.75) is 51.8 Å². The van der Waals surface area contributed by atoms with Gasteiger partial charge in [-0.3, -0.25) is 23.9 Å². The lowest BCUT2D eigenvalue weighted by molar-refractivity contribution is -0.131. The molecule has 9 nitrogen and oxygen atoms in total. The molecule has 0 spiro atoms. The molecule has 5 rings (SSSR count). The first-order chi connectivity index (χ1) is 16.2. The van der Waals surface area contributed by atoms with E-state index in [-0.39, 0.29) is 17.0 Å². The fraction of sp³-hybridized carbons (Fsp3) is 0.320. The van der Waals surface area contributed by atoms with Crippen molar-refractivity contribution in [1.82, 2.24) is 9.55 Å². The van der Waals surface area contributed by atoms with Crippen LogP contribution in [-0.2, 0) is 27.3 Å². The quantitative estimate of drug-likeness (QED) is 0.602. The van der Waals surface area contributed by atoms with Gasteiger partial charge < -0.3 is 10.1 Å². The van der Waals surface area contributed by atoms with Crippen molar-refractivity contribution in [2.75, 3.05) is 10.2 Å². The van der Waals surface area contributed by atoms with Crippen LogP contribution in [0.5, 0.6) is 0 Å². The lowest BCUT2D eigenvalue weighted by atomic mass is 9.95. The number of nitrogens with one attached hydrogen (secondary N) is 1. The summed E-state index contributed by atoms with van der Waals surface area (Å²) in [5, 5.41) is 3.24. The second-order valence-electron chi connectivity index (χ2n) is 9.07. The first kappa shape index (κ1) is 21.8. The largest absolute Gasteiger partial charge is 0.449 e. The highest BCUT2D eigenvalue weighted by Gasteiger charge is 2.45. The van der Waals surface area contributed by atoms with Gasteiger partial charge in [0.05, 0.1) is 27.8 Å². The van der Waals surface area contributed by atoms with Gasteiger partial charge in [0, 0.05) is 13.0 Å². The van der Waals surface area contributed by atoms with E-state index < -0.39 is 23.5 Å². The monoisotopic (exact) mass is 460 g/mol. The van der Waals surface area contributed by atoms with Crippen molar-refractivity contribution in [1.29, 1.82) is 0 Å². The van der Waals surface area contributed by atoms with E-state index in [2.05, 4.69) is 10.3 Å². The predicted molar refractivity (Wildman–Crippen MR) is 126 cm³/mol. The molecule has 174 valence electrons. The summed E-state index contributed by atoms with van der Waals surface area (Å²) in [6, 6.07) is 11.6. The maximum Gasteiger partial charge on any atom is 0.338 e. The van der Waals surface area contributed by atoms with Crippen molar-refractivity contribution in [3.05, 3.63) is 64.2 Å². The second kappa shape index (κ2) is 7.79. The summed E-state index contributed by atoms with van der Waals surface area (Å²) >= 11 is 0. The van der Waals surface area contributed by atoms with Crippen molar-refractivity contribution in [3.63, 3.8) is 0 Å². The zero-order chi connectivity index (χ0) is 24.2. The van der Waals surface area contributed by atoms with Crippen LogP contribution >= 0.6 is 0 Å². The highest BCUT2D eigenvalue weighted by atomic mass is 16.5. The Balaban J connectivity index is 1.42. The molecule has 0 unspecified atom stereocenters. The first-order valence-electron chi connectivity index (χ1n) is 11.2. The predicted octanol–water partition coefficient (Wildman–Crippen LogP) is 2.65. The molecule has 0 radical (unpaired) electrons. The van der Waals surface area contributed by atoms with Gasteiger partial charge in [0.15, 0.2) is 6.10 Å². The molecule has 0 saturated carbocycles. The van der Waals surface area contributed by atoms with Gasteiger partial charge >= 0.3 is 5.97 Å². The van der Waals surface area contributed by atoms with Gasteiger partial charge in [-0.25, -0.2) is 9.78 Å². The Morgan fingerprint density at radius 1 is 1.15 bits per heavy atom. The minimum absolute atomic E-state index is 0.120. The van der Waals surface area contributed by atoms with Crippen molar-refractivity contribution in [3.8, 4) is 0 Å². The van der Waals surface area contributed by atoms with E-state index in [9.17, 15) is 19.2 Å². The molecule has 1 N–H and O–H groups in total. The highest BCUT2D eigenvalue weighted by Crippen LogP contribution is 2.37. The van der Waals surface area contributed by atoms with Crippen LogP contribution in [0.25, 0.3) is 10.9 Å². The minimum atomic E-state index is -1.18. The third-order valence-corrected chi connectivity index (χ3v) is 6.41. The number of esters is 1. The number of hydrogen-bond acceptors (Lipinski definition) is 6. The van der Waals surface area contributed by atoms with Crippen LogP contribution in [0, 0.1) is 0 Å². The van der Waals surface area contributed by atoms with Crippen LogP contribution in [0.4, 0.5) is 11.4 Å². The van der Waals surface area contributed by atoms with Gasteiger partial charge in [0.2, 0.25) is 5.91 Å². The smallest absolute Gasteiger partial charge is 0.338 e. The van der Waals surface area contributed by atoms with Crippen LogP contribution in [0.3, 0.4) is 0 Å². The van der Waals surface area contributed by atoms with E-state index in [0.717, 1.165) is 6.42 Å². The lowest BCUT2D eigenvalue weighted by Gasteiger charge is -2.42. The summed E-state index contributed by atoms with van der Waals surface area (Å²) in [5.41, 5.74) is 0.363. The highest BCUT2D eigenvalue weighted by molar-refractivity contribution is 6.15. The fourth-order valence-corrected chi connectivity index (χ4v) is 4.52. The number of anilines is 2. The van der Waals surface area contributed by atoms with E-state index in [1.807, 2.05) is 0 Å². The third kappa shape index (κ3) is 3.35. The van der Waals surface area contributed by atoms with E-state index in [4.69, 9.17) is 4.74 Å². The van der Waals surface area contributed by atoms with E-state index in [0.29, 0.717) is 41.1 Å². The molecule has 34 heavy (non-hydrogen) atoms. The Morgan fingerprint density at radius 2 is 1.91 bits per heavy atom. The van der Waals surface area contributed by atoms with Gasteiger partial charge in [0.25, 0.3) is 11.5 Å². The molecule has 9 heteroatoms. The van der Waals surface area contributed by atoms with Crippen LogP contribution in [0.1, 0.15) is 43.4 Å². The Bertz CT molecular complexity index is 1420. The Labute approximate surface area is 195 Å². The van der Waals surface area contributed by atoms with Gasteiger partial charge in [-0.05, 0) is 57.5 Å². The molecule has 2 aromatic carbocycles. The van der Waals surface area contributed by atoms with Crippen LogP contribution in [-0.4, -0.2) is 39.0 Å². The van der Waals surface area contributed by atoms with E-state index >= 15 is 0 Å². The Hall–Kier alpha value is -4.01. The number of para-hydroxylation sites is 2. The van der Waals surface area contributed by atoms with E-state index in [1.165, 1.54) is 24.0 Å². The summed E-state index contributed by atoms with van der Waals surface area (Å²) in [7, 11) is 0. The van der Waals surface area contributed by atoms with Gasteiger partial charge in [-0.1, -0.05) is 12.1 Å². The van der Waals surface area contributed by atoms with Crippen molar-refractivity contribution < 1.29 is 19.1 Å². The fourth-order valence-electron chi connectivity index (χ4n) is 4.52. The molecule has 3 heterocycles. The molecule has 1 aromatic heterocycles. The SMILES string of the molecule is C[C@@H](OC(=O)c1ccc2c(=O)n3c(nc2c1)CCC3)C(=O)N1c2ccccc2NC(=O)C1(C)C. The number of rotatable bonds is 3. The number of hydrogen-bond donors (Lipinski definition) is 1. The van der Waals surface area contributed by atoms with Gasteiger partial charge in [0.1, 0.15) is 11.4 Å². The van der Waals surface area contributed by atoms with Gasteiger partial charge in [-0.15, -0.1) is 0 Å². The van der Waals surface area contributed by atoms with Crippen LogP contribution in [0.2, 0.25) is 0 Å². The zero-order valence-corrected chi connectivity index (χ0v) is 19.1. The molecular formula is C25H24N4O5. The van der Waals surface area contributed by atoms with Crippen molar-refractivity contribution >= 4 is 40.1 Å². The van der Waals surface area contributed by atoms with Crippen molar-refractivity contribution in [2.24, 2.45) is 0 Å². The summed E-state index contributed by atoms with van der Waals surface area (Å²) in [6.45, 7) is 5.39. The maximum absolute atomic E-state index is 13.4. The number of fused-ring (bicyclic) bond motifs is 3. The number of aryl methyl sites for hydroxylation is 1. The van der Waals surface area contributed by atoms with E-state index in [1.54, 1.807) is 48.7 Å². The maximum atomic E-state index is 13.4. The van der Waals surface area contributed by atoms with Crippen LogP contribution in [0.15, 0.2) is 47.3 Å². The summed E-state index contributed by atoms with van der Waals surface area (Å²) in [4.78, 5) is 57.5. The number of carbonyl (C=O) groups excluding carboxylic acids is 3. The number of ether oxygens (including phenoxy) is 1. The Kier molecular flexibility index (Phi) is 5.00. The summed E-state index contributed by atoms with van der Waals surface area (Å²) in [5.74, 6) is -0.860.